The van der Waals surface area contributed by atoms with Crippen molar-refractivity contribution in [2.24, 2.45) is 0 Å². The zero-order valence-corrected chi connectivity index (χ0v) is 16.2. The van der Waals surface area contributed by atoms with E-state index in [9.17, 15) is 39.5 Å². The van der Waals surface area contributed by atoms with Gasteiger partial charge in [-0.15, -0.1) is 0 Å². The second-order valence-electron chi connectivity index (χ2n) is 6.40. The Hall–Kier alpha value is -1.57. The molecule has 0 fully saturated rings. The van der Waals surface area contributed by atoms with Crippen LogP contribution in [-0.2, 0) is 30.1 Å². The number of halogens is 9. The second kappa shape index (κ2) is 8.89. The first-order chi connectivity index (χ1) is 13.5. The van der Waals surface area contributed by atoms with Crippen LogP contribution in [0.1, 0.15) is 23.6 Å². The molecule has 0 aliphatic heterocycles. The van der Waals surface area contributed by atoms with Gasteiger partial charge in [-0.25, -0.2) is 0 Å². The fourth-order valence-corrected chi connectivity index (χ4v) is 2.65. The van der Waals surface area contributed by atoms with Gasteiger partial charge >= 0.3 is 18.5 Å². The van der Waals surface area contributed by atoms with Gasteiger partial charge in [0.05, 0.1) is 0 Å². The first-order valence-corrected chi connectivity index (χ1v) is 8.06. The van der Waals surface area contributed by atoms with Crippen LogP contribution >= 0.6 is 0 Å². The Bertz CT molecular complexity index is 699. The van der Waals surface area contributed by atoms with Crippen LogP contribution in [0.15, 0.2) is 18.2 Å². The lowest BCUT2D eigenvalue weighted by molar-refractivity contribution is -0.400. The predicted molar refractivity (Wildman–Crippen MR) is 84.3 cm³/mol. The molecule has 0 saturated heterocycles. The van der Waals surface area contributed by atoms with Crippen molar-refractivity contribution in [3.63, 3.8) is 0 Å². The van der Waals surface area contributed by atoms with Gasteiger partial charge in [0.15, 0.2) is 5.60 Å². The van der Waals surface area contributed by atoms with Gasteiger partial charge in [0.2, 0.25) is 0 Å². The highest BCUT2D eigenvalue weighted by Gasteiger charge is 2.73. The molecule has 1 atom stereocenters. The number of methoxy groups -OCH3 is 2. The Morgan fingerprint density at radius 1 is 0.667 bits per heavy atom. The lowest BCUT2D eigenvalue weighted by Gasteiger charge is -2.38. The molecule has 0 saturated carbocycles. The molecule has 0 bridgehead atoms. The molecule has 0 aromatic heterocycles. The standard InChI is InChI=1S/C17H19F9O4/c1-10-5-11(13(2,15(18,19)20)29-8-27-3)7-12(6-10)14(16(21,22)23,17(24,25)26)30-9-28-4/h5-7H,8-9H2,1-4H3. The lowest BCUT2D eigenvalue weighted by Crippen LogP contribution is -2.56. The molecule has 1 unspecified atom stereocenters. The molecule has 1 rings (SSSR count). The van der Waals surface area contributed by atoms with Crippen molar-refractivity contribution >= 4 is 0 Å². The van der Waals surface area contributed by atoms with Crippen LogP contribution in [0.3, 0.4) is 0 Å². The summed E-state index contributed by atoms with van der Waals surface area (Å²) in [5, 5.41) is 0. The minimum absolute atomic E-state index is 0.104. The number of benzene rings is 1. The fraction of sp³-hybridized carbons (Fsp3) is 0.647. The Balaban J connectivity index is 3.88. The molecular formula is C17H19F9O4. The summed E-state index contributed by atoms with van der Waals surface area (Å²) < 4.78 is 141. The summed E-state index contributed by atoms with van der Waals surface area (Å²) in [5.74, 6) is 0. The maximum absolute atomic E-state index is 13.7. The van der Waals surface area contributed by atoms with Gasteiger partial charge in [-0.2, -0.15) is 39.5 Å². The molecule has 0 radical (unpaired) electrons. The monoisotopic (exact) mass is 458 g/mol. The maximum Gasteiger partial charge on any atom is 0.430 e. The summed E-state index contributed by atoms with van der Waals surface area (Å²) >= 11 is 0. The first-order valence-electron chi connectivity index (χ1n) is 8.06. The Kier molecular flexibility index (Phi) is 7.84. The molecule has 0 aliphatic rings. The average molecular weight is 458 g/mol. The maximum atomic E-state index is 13.7. The molecule has 30 heavy (non-hydrogen) atoms. The molecule has 0 aliphatic carbocycles. The third kappa shape index (κ3) is 4.84. The largest absolute Gasteiger partial charge is 0.430 e. The fourth-order valence-electron chi connectivity index (χ4n) is 2.65. The molecular weight excluding hydrogens is 439 g/mol. The van der Waals surface area contributed by atoms with Crippen molar-refractivity contribution < 1.29 is 58.5 Å². The molecule has 1 aromatic rings. The zero-order valence-electron chi connectivity index (χ0n) is 16.2. The van der Waals surface area contributed by atoms with Crippen LogP contribution in [0.5, 0.6) is 0 Å². The number of hydrogen-bond donors (Lipinski definition) is 0. The Morgan fingerprint density at radius 3 is 1.50 bits per heavy atom. The summed E-state index contributed by atoms with van der Waals surface area (Å²) in [6.07, 6.45) is -17.4. The lowest BCUT2D eigenvalue weighted by atomic mass is 9.85. The molecule has 0 N–H and O–H groups in total. The van der Waals surface area contributed by atoms with Gasteiger partial charge < -0.3 is 18.9 Å². The topological polar surface area (TPSA) is 36.9 Å². The van der Waals surface area contributed by atoms with E-state index in [1.807, 2.05) is 0 Å². The normalized spacial score (nSPS) is 15.9. The van der Waals surface area contributed by atoms with Crippen LogP contribution in [0.2, 0.25) is 0 Å². The SMILES string of the molecule is COCOC(C)(c1cc(C)cc(C(OCOC)(C(F)(F)F)C(F)(F)F)c1)C(F)(F)F. The average Bonchev–Trinajstić information content (AvgIpc) is 2.56. The van der Waals surface area contributed by atoms with Crippen LogP contribution in [-0.4, -0.2) is 46.3 Å². The number of rotatable bonds is 8. The van der Waals surface area contributed by atoms with Gasteiger partial charge in [-0.05, 0) is 25.5 Å². The molecule has 0 spiro atoms. The van der Waals surface area contributed by atoms with Gasteiger partial charge in [0.25, 0.3) is 5.60 Å². The predicted octanol–water partition coefficient (Wildman–Crippen LogP) is 5.33. The van der Waals surface area contributed by atoms with Crippen LogP contribution in [0.25, 0.3) is 0 Å². The van der Waals surface area contributed by atoms with Crippen molar-refractivity contribution in [3.05, 3.63) is 34.9 Å². The smallest absolute Gasteiger partial charge is 0.359 e. The number of ether oxygens (including phenoxy) is 4. The molecule has 1 aromatic carbocycles. The third-order valence-corrected chi connectivity index (χ3v) is 4.23. The highest BCUT2D eigenvalue weighted by Crippen LogP contribution is 2.54. The van der Waals surface area contributed by atoms with Crippen molar-refractivity contribution in [2.75, 3.05) is 27.8 Å². The summed E-state index contributed by atoms with van der Waals surface area (Å²) in [7, 11) is 1.79. The van der Waals surface area contributed by atoms with E-state index < -0.39 is 54.4 Å². The van der Waals surface area contributed by atoms with E-state index in [0.29, 0.717) is 13.0 Å². The van der Waals surface area contributed by atoms with Gasteiger partial charge in [-0.1, -0.05) is 17.7 Å². The van der Waals surface area contributed by atoms with Gasteiger partial charge in [-0.3, -0.25) is 0 Å². The zero-order chi connectivity index (χ0) is 23.6. The highest BCUT2D eigenvalue weighted by atomic mass is 19.4. The van der Waals surface area contributed by atoms with E-state index in [1.165, 1.54) is 0 Å². The minimum atomic E-state index is -6.09. The Morgan fingerprint density at radius 2 is 1.10 bits per heavy atom. The molecule has 0 heterocycles. The summed E-state index contributed by atoms with van der Waals surface area (Å²) in [5.41, 5.74) is -11.1. The summed E-state index contributed by atoms with van der Waals surface area (Å²) in [6.45, 7) is -0.862. The minimum Gasteiger partial charge on any atom is -0.359 e. The van der Waals surface area contributed by atoms with Crippen molar-refractivity contribution in [1.82, 2.24) is 0 Å². The first kappa shape index (κ1) is 26.5. The highest BCUT2D eigenvalue weighted by molar-refractivity contribution is 5.39. The van der Waals surface area contributed by atoms with Crippen molar-refractivity contribution in [2.45, 2.75) is 43.6 Å². The number of aryl methyl sites for hydroxylation is 1. The number of alkyl halides is 9. The van der Waals surface area contributed by atoms with Crippen molar-refractivity contribution in [1.29, 1.82) is 0 Å². The van der Waals surface area contributed by atoms with E-state index in [0.717, 1.165) is 27.2 Å². The van der Waals surface area contributed by atoms with E-state index in [2.05, 4.69) is 18.9 Å². The molecule has 4 nitrogen and oxygen atoms in total. The van der Waals surface area contributed by atoms with E-state index in [1.54, 1.807) is 0 Å². The van der Waals surface area contributed by atoms with Crippen molar-refractivity contribution in [3.8, 4) is 0 Å². The molecule has 13 heteroatoms. The quantitative estimate of drug-likeness (QED) is 0.390. The number of hydrogen-bond acceptors (Lipinski definition) is 4. The second-order valence-corrected chi connectivity index (χ2v) is 6.40. The summed E-state index contributed by atoms with van der Waals surface area (Å²) in [6, 6.07) is 1.31. The summed E-state index contributed by atoms with van der Waals surface area (Å²) in [4.78, 5) is 0. The van der Waals surface area contributed by atoms with Crippen LogP contribution < -0.4 is 0 Å². The molecule has 0 amide bonds. The van der Waals surface area contributed by atoms with Gasteiger partial charge in [0, 0.05) is 19.8 Å². The Labute approximate surface area is 165 Å². The van der Waals surface area contributed by atoms with E-state index >= 15 is 0 Å². The van der Waals surface area contributed by atoms with E-state index in [-0.39, 0.29) is 11.6 Å². The van der Waals surface area contributed by atoms with Crippen LogP contribution in [0.4, 0.5) is 39.5 Å². The molecule has 174 valence electrons. The van der Waals surface area contributed by atoms with Gasteiger partial charge in [0.1, 0.15) is 13.6 Å². The third-order valence-electron chi connectivity index (χ3n) is 4.23. The van der Waals surface area contributed by atoms with Crippen LogP contribution in [0, 0.1) is 6.92 Å². The van der Waals surface area contributed by atoms with E-state index in [4.69, 9.17) is 0 Å².